The molecular formula is C12H25N. The molecule has 1 fully saturated rings. The van der Waals surface area contributed by atoms with Gasteiger partial charge in [0.2, 0.25) is 0 Å². The standard InChI is InChI=1S/C12H25N/c1-6-9(3)10-8-11(10)12(7-2)13(4)5/h9-12H,6-8H2,1-5H3. The van der Waals surface area contributed by atoms with Gasteiger partial charge in [0, 0.05) is 6.04 Å². The Bertz CT molecular complexity index is 153. The smallest absolute Gasteiger partial charge is 0.0118 e. The second kappa shape index (κ2) is 4.45. The first-order valence-electron chi connectivity index (χ1n) is 5.78. The van der Waals surface area contributed by atoms with Crippen LogP contribution in [0.2, 0.25) is 0 Å². The van der Waals surface area contributed by atoms with Crippen molar-refractivity contribution in [1.29, 1.82) is 0 Å². The minimum absolute atomic E-state index is 0.832. The van der Waals surface area contributed by atoms with E-state index < -0.39 is 0 Å². The topological polar surface area (TPSA) is 3.24 Å². The van der Waals surface area contributed by atoms with E-state index in [0.29, 0.717) is 0 Å². The van der Waals surface area contributed by atoms with Crippen LogP contribution in [0.25, 0.3) is 0 Å². The third kappa shape index (κ3) is 2.46. The Morgan fingerprint density at radius 2 is 1.77 bits per heavy atom. The zero-order valence-electron chi connectivity index (χ0n) is 9.88. The summed E-state index contributed by atoms with van der Waals surface area (Å²) in [6, 6.07) is 0.832. The summed E-state index contributed by atoms with van der Waals surface area (Å²) in [6.07, 6.45) is 4.14. The minimum Gasteiger partial charge on any atom is -0.306 e. The quantitative estimate of drug-likeness (QED) is 0.633. The van der Waals surface area contributed by atoms with E-state index in [1.165, 1.54) is 19.3 Å². The van der Waals surface area contributed by atoms with E-state index in [4.69, 9.17) is 0 Å². The van der Waals surface area contributed by atoms with Crippen LogP contribution in [0.15, 0.2) is 0 Å². The summed E-state index contributed by atoms with van der Waals surface area (Å²) in [7, 11) is 4.44. The van der Waals surface area contributed by atoms with Gasteiger partial charge < -0.3 is 4.90 Å². The maximum Gasteiger partial charge on any atom is 0.0118 e. The van der Waals surface area contributed by atoms with Crippen LogP contribution >= 0.6 is 0 Å². The number of hydrogen-bond acceptors (Lipinski definition) is 1. The average Bonchev–Trinajstić information content (AvgIpc) is 2.84. The van der Waals surface area contributed by atoms with Crippen LogP contribution in [0, 0.1) is 17.8 Å². The van der Waals surface area contributed by atoms with Gasteiger partial charge in [-0.2, -0.15) is 0 Å². The second-order valence-electron chi connectivity index (χ2n) is 4.89. The van der Waals surface area contributed by atoms with Gasteiger partial charge in [0.1, 0.15) is 0 Å². The van der Waals surface area contributed by atoms with Crippen molar-refractivity contribution < 1.29 is 0 Å². The first kappa shape index (κ1) is 11.0. The molecule has 1 saturated carbocycles. The summed E-state index contributed by atoms with van der Waals surface area (Å²) in [4.78, 5) is 2.41. The van der Waals surface area contributed by atoms with Crippen molar-refractivity contribution in [2.24, 2.45) is 17.8 Å². The lowest BCUT2D eigenvalue weighted by atomic mass is 9.98. The molecule has 1 heteroatoms. The molecule has 0 aromatic carbocycles. The van der Waals surface area contributed by atoms with Crippen LogP contribution in [0.3, 0.4) is 0 Å². The predicted octanol–water partition coefficient (Wildman–Crippen LogP) is 3.01. The molecule has 78 valence electrons. The second-order valence-corrected chi connectivity index (χ2v) is 4.89. The third-order valence-electron chi connectivity index (χ3n) is 3.84. The van der Waals surface area contributed by atoms with Crippen molar-refractivity contribution in [3.63, 3.8) is 0 Å². The van der Waals surface area contributed by atoms with Gasteiger partial charge in [0.05, 0.1) is 0 Å². The Morgan fingerprint density at radius 3 is 2.15 bits per heavy atom. The van der Waals surface area contributed by atoms with Crippen molar-refractivity contribution in [3.8, 4) is 0 Å². The summed E-state index contributed by atoms with van der Waals surface area (Å²) in [5.41, 5.74) is 0. The molecular weight excluding hydrogens is 158 g/mol. The minimum atomic E-state index is 0.832. The molecule has 0 aromatic heterocycles. The molecule has 0 bridgehead atoms. The lowest BCUT2D eigenvalue weighted by Gasteiger charge is -2.24. The molecule has 1 nitrogen and oxygen atoms in total. The van der Waals surface area contributed by atoms with E-state index in [0.717, 1.165) is 23.8 Å². The van der Waals surface area contributed by atoms with Crippen molar-refractivity contribution in [3.05, 3.63) is 0 Å². The van der Waals surface area contributed by atoms with Crippen LogP contribution in [0.4, 0.5) is 0 Å². The van der Waals surface area contributed by atoms with E-state index in [1.807, 2.05) is 0 Å². The summed E-state index contributed by atoms with van der Waals surface area (Å²) in [5.74, 6) is 2.96. The molecule has 1 aliphatic rings. The molecule has 13 heavy (non-hydrogen) atoms. The van der Waals surface area contributed by atoms with Gasteiger partial charge >= 0.3 is 0 Å². The average molecular weight is 183 g/mol. The fourth-order valence-corrected chi connectivity index (χ4v) is 2.69. The summed E-state index contributed by atoms with van der Waals surface area (Å²) in [6.45, 7) is 7.04. The molecule has 0 aliphatic heterocycles. The molecule has 0 N–H and O–H groups in total. The highest BCUT2D eigenvalue weighted by molar-refractivity contribution is 4.96. The lowest BCUT2D eigenvalue weighted by Crippen LogP contribution is -2.30. The maximum absolute atomic E-state index is 2.41. The Kier molecular flexibility index (Phi) is 3.78. The highest BCUT2D eigenvalue weighted by Gasteiger charge is 2.44. The fourth-order valence-electron chi connectivity index (χ4n) is 2.69. The highest BCUT2D eigenvalue weighted by atomic mass is 15.1. The third-order valence-corrected chi connectivity index (χ3v) is 3.84. The van der Waals surface area contributed by atoms with Gasteiger partial charge in [0.15, 0.2) is 0 Å². The Labute approximate surface area is 83.5 Å². The van der Waals surface area contributed by atoms with E-state index >= 15 is 0 Å². The largest absolute Gasteiger partial charge is 0.306 e. The Balaban J connectivity index is 2.39. The molecule has 0 saturated heterocycles. The van der Waals surface area contributed by atoms with Gasteiger partial charge in [-0.15, -0.1) is 0 Å². The molecule has 4 unspecified atom stereocenters. The van der Waals surface area contributed by atoms with Crippen LogP contribution < -0.4 is 0 Å². The van der Waals surface area contributed by atoms with Crippen LogP contribution in [-0.2, 0) is 0 Å². The predicted molar refractivity (Wildman–Crippen MR) is 58.8 cm³/mol. The number of hydrogen-bond donors (Lipinski definition) is 0. The van der Waals surface area contributed by atoms with Crippen molar-refractivity contribution >= 4 is 0 Å². The van der Waals surface area contributed by atoms with Gasteiger partial charge in [-0.05, 0) is 44.7 Å². The molecule has 0 radical (unpaired) electrons. The summed E-state index contributed by atoms with van der Waals surface area (Å²) >= 11 is 0. The first-order valence-corrected chi connectivity index (χ1v) is 5.78. The number of rotatable bonds is 5. The molecule has 4 atom stereocenters. The lowest BCUT2D eigenvalue weighted by molar-refractivity contribution is 0.238. The zero-order valence-corrected chi connectivity index (χ0v) is 9.88. The fraction of sp³-hybridized carbons (Fsp3) is 1.00. The van der Waals surface area contributed by atoms with Gasteiger partial charge in [-0.3, -0.25) is 0 Å². The molecule has 1 rings (SSSR count). The highest BCUT2D eigenvalue weighted by Crippen LogP contribution is 2.49. The van der Waals surface area contributed by atoms with E-state index in [1.54, 1.807) is 0 Å². The van der Waals surface area contributed by atoms with Crippen molar-refractivity contribution in [1.82, 2.24) is 4.90 Å². The first-order chi connectivity index (χ1) is 6.11. The summed E-state index contributed by atoms with van der Waals surface area (Å²) < 4.78 is 0. The SMILES string of the molecule is CCC(C)C1CC1C(CC)N(C)C. The molecule has 0 spiro atoms. The monoisotopic (exact) mass is 183 g/mol. The van der Waals surface area contributed by atoms with Crippen LogP contribution in [0.1, 0.15) is 40.0 Å². The van der Waals surface area contributed by atoms with Gasteiger partial charge in [-0.25, -0.2) is 0 Å². The maximum atomic E-state index is 2.41. The molecule has 0 aromatic rings. The number of nitrogens with zero attached hydrogens (tertiary/aromatic N) is 1. The van der Waals surface area contributed by atoms with E-state index in [9.17, 15) is 0 Å². The van der Waals surface area contributed by atoms with Crippen LogP contribution in [0.5, 0.6) is 0 Å². The van der Waals surface area contributed by atoms with Crippen molar-refractivity contribution in [2.45, 2.75) is 46.1 Å². The van der Waals surface area contributed by atoms with E-state index in [-0.39, 0.29) is 0 Å². The molecule has 1 aliphatic carbocycles. The Hall–Kier alpha value is -0.0400. The zero-order chi connectivity index (χ0) is 10.0. The van der Waals surface area contributed by atoms with Gasteiger partial charge in [0.25, 0.3) is 0 Å². The van der Waals surface area contributed by atoms with E-state index in [2.05, 4.69) is 39.8 Å². The molecule has 0 heterocycles. The summed E-state index contributed by atoms with van der Waals surface area (Å²) in [5, 5.41) is 0. The molecule has 0 amide bonds. The van der Waals surface area contributed by atoms with Gasteiger partial charge in [-0.1, -0.05) is 27.2 Å². The Morgan fingerprint density at radius 1 is 1.15 bits per heavy atom. The van der Waals surface area contributed by atoms with Crippen molar-refractivity contribution in [2.75, 3.05) is 14.1 Å². The van der Waals surface area contributed by atoms with Crippen LogP contribution in [-0.4, -0.2) is 25.0 Å². The normalized spacial score (nSPS) is 31.8.